The molecule has 2 saturated heterocycles. The largest absolute Gasteiger partial charge is 0.375 e. The van der Waals surface area contributed by atoms with Crippen LogP contribution in [-0.2, 0) is 9.53 Å². The highest BCUT2D eigenvalue weighted by atomic mass is 16.5. The average Bonchev–Trinajstić information content (AvgIpc) is 2.73. The second kappa shape index (κ2) is 8.71. The molecule has 5 nitrogen and oxygen atoms in total. The molecule has 2 fully saturated rings. The maximum Gasteiger partial charge on any atom is 0.234 e. The average molecular weight is 297 g/mol. The van der Waals surface area contributed by atoms with E-state index in [1.54, 1.807) is 0 Å². The molecule has 0 saturated carbocycles. The molecule has 1 N–H and O–H groups in total. The minimum absolute atomic E-state index is 0.135. The molecule has 0 bridgehead atoms. The summed E-state index contributed by atoms with van der Waals surface area (Å²) in [5.41, 5.74) is 0. The van der Waals surface area contributed by atoms with Gasteiger partial charge >= 0.3 is 0 Å². The van der Waals surface area contributed by atoms with Crippen LogP contribution in [-0.4, -0.2) is 74.2 Å². The zero-order chi connectivity index (χ0) is 15.1. The first-order valence-electron chi connectivity index (χ1n) is 8.51. The number of ether oxygens (including phenoxy) is 1. The Bertz CT molecular complexity index is 317. The van der Waals surface area contributed by atoms with E-state index in [1.807, 2.05) is 6.92 Å². The highest BCUT2D eigenvalue weighted by Crippen LogP contribution is 2.13. The topological polar surface area (TPSA) is 44.8 Å². The molecule has 122 valence electrons. The highest BCUT2D eigenvalue weighted by molar-refractivity contribution is 5.78. The van der Waals surface area contributed by atoms with E-state index >= 15 is 0 Å². The van der Waals surface area contributed by atoms with E-state index in [2.05, 4.69) is 22.2 Å². The van der Waals surface area contributed by atoms with Crippen LogP contribution in [0.3, 0.4) is 0 Å². The Kier molecular flexibility index (Phi) is 6.93. The summed E-state index contributed by atoms with van der Waals surface area (Å²) in [5.74, 6) is 0.153. The molecule has 21 heavy (non-hydrogen) atoms. The molecular weight excluding hydrogens is 266 g/mol. The summed E-state index contributed by atoms with van der Waals surface area (Å²) in [5, 5.41) is 3.18. The fourth-order valence-electron chi connectivity index (χ4n) is 3.41. The lowest BCUT2D eigenvalue weighted by Crippen LogP contribution is -2.48. The summed E-state index contributed by atoms with van der Waals surface area (Å²) in [4.78, 5) is 16.8. The zero-order valence-corrected chi connectivity index (χ0v) is 13.6. The molecule has 0 aromatic carbocycles. The molecule has 2 rings (SSSR count). The third-order valence-electron chi connectivity index (χ3n) is 4.49. The molecule has 5 heteroatoms. The first-order chi connectivity index (χ1) is 10.2. The van der Waals surface area contributed by atoms with Gasteiger partial charge in [0.25, 0.3) is 0 Å². The van der Waals surface area contributed by atoms with Crippen molar-refractivity contribution in [3.63, 3.8) is 0 Å². The van der Waals surface area contributed by atoms with Gasteiger partial charge in [0.05, 0.1) is 18.7 Å². The smallest absolute Gasteiger partial charge is 0.234 e. The first-order valence-corrected chi connectivity index (χ1v) is 8.51. The van der Waals surface area contributed by atoms with Gasteiger partial charge in [-0.2, -0.15) is 0 Å². The fraction of sp³-hybridized carbons (Fsp3) is 0.938. The molecule has 0 radical (unpaired) electrons. The van der Waals surface area contributed by atoms with Crippen molar-refractivity contribution in [1.82, 2.24) is 15.1 Å². The van der Waals surface area contributed by atoms with Crippen LogP contribution in [0.1, 0.15) is 39.0 Å². The van der Waals surface area contributed by atoms with Gasteiger partial charge < -0.3 is 15.0 Å². The predicted octanol–water partition coefficient (Wildman–Crippen LogP) is 1.09. The molecule has 2 heterocycles. The Hall–Kier alpha value is -0.650. The van der Waals surface area contributed by atoms with Crippen molar-refractivity contribution in [3.8, 4) is 0 Å². The number of carbonyl (C=O) groups is 1. The van der Waals surface area contributed by atoms with E-state index in [1.165, 1.54) is 32.1 Å². The summed E-state index contributed by atoms with van der Waals surface area (Å²) >= 11 is 0. The minimum Gasteiger partial charge on any atom is -0.375 e. The maximum absolute atomic E-state index is 12.3. The summed E-state index contributed by atoms with van der Waals surface area (Å²) in [6.45, 7) is 7.17. The molecule has 0 aliphatic carbocycles. The maximum atomic E-state index is 12.3. The third kappa shape index (κ3) is 5.57. The van der Waals surface area contributed by atoms with Gasteiger partial charge in [0, 0.05) is 19.7 Å². The molecule has 2 aliphatic heterocycles. The monoisotopic (exact) mass is 297 g/mol. The van der Waals surface area contributed by atoms with Crippen LogP contribution in [0.15, 0.2) is 0 Å². The normalized spacial score (nSPS) is 29.0. The quantitative estimate of drug-likeness (QED) is 0.825. The van der Waals surface area contributed by atoms with Crippen molar-refractivity contribution >= 4 is 5.91 Å². The van der Waals surface area contributed by atoms with Gasteiger partial charge in [0.1, 0.15) is 0 Å². The van der Waals surface area contributed by atoms with Gasteiger partial charge in [0.2, 0.25) is 5.91 Å². The van der Waals surface area contributed by atoms with E-state index < -0.39 is 0 Å². The van der Waals surface area contributed by atoms with Crippen molar-refractivity contribution in [3.05, 3.63) is 0 Å². The number of hydrogen-bond donors (Lipinski definition) is 1. The van der Waals surface area contributed by atoms with E-state index in [0.717, 1.165) is 26.2 Å². The van der Waals surface area contributed by atoms with Crippen LogP contribution >= 0.6 is 0 Å². The van der Waals surface area contributed by atoms with Crippen molar-refractivity contribution < 1.29 is 9.53 Å². The number of hydrogen-bond acceptors (Lipinski definition) is 4. The van der Waals surface area contributed by atoms with Crippen molar-refractivity contribution in [2.24, 2.45) is 0 Å². The molecule has 1 amide bonds. The van der Waals surface area contributed by atoms with Crippen molar-refractivity contribution in [2.45, 2.75) is 51.2 Å². The Morgan fingerprint density at radius 2 is 1.81 bits per heavy atom. The van der Waals surface area contributed by atoms with Crippen LogP contribution < -0.4 is 5.32 Å². The van der Waals surface area contributed by atoms with Crippen molar-refractivity contribution in [2.75, 3.05) is 46.4 Å². The Morgan fingerprint density at radius 1 is 1.14 bits per heavy atom. The lowest BCUT2D eigenvalue weighted by atomic mass is 10.1. The summed E-state index contributed by atoms with van der Waals surface area (Å²) in [7, 11) is 2.08. The van der Waals surface area contributed by atoms with Gasteiger partial charge in [-0.3, -0.25) is 9.69 Å². The number of likely N-dealkylation sites (N-methyl/N-ethyl adjacent to an activating group) is 1. The first kappa shape index (κ1) is 16.7. The fourth-order valence-corrected chi connectivity index (χ4v) is 3.41. The van der Waals surface area contributed by atoms with Gasteiger partial charge in [-0.1, -0.05) is 19.3 Å². The second-order valence-corrected chi connectivity index (χ2v) is 6.43. The van der Waals surface area contributed by atoms with Gasteiger partial charge in [-0.15, -0.1) is 0 Å². The number of nitrogens with one attached hydrogen (secondary N) is 1. The standard InChI is InChI=1S/C16H31N3O2/c1-3-21-15-12-18(2)11-14(15)17-16(20)13-19-9-7-5-4-6-8-10-19/h14-15H,3-13H2,1-2H3,(H,17,20)/t14-,15-/m0/s1. The SMILES string of the molecule is CCO[C@H]1CN(C)C[C@@H]1NC(=O)CN1CCCCCCC1. The molecule has 0 aromatic rings. The molecule has 2 aliphatic rings. The summed E-state index contributed by atoms with van der Waals surface area (Å²) < 4.78 is 5.74. The van der Waals surface area contributed by atoms with Crippen LogP contribution in [0.4, 0.5) is 0 Å². The Labute approximate surface area is 129 Å². The minimum atomic E-state index is 0.135. The molecular formula is C16H31N3O2. The number of likely N-dealkylation sites (tertiary alicyclic amines) is 2. The van der Waals surface area contributed by atoms with E-state index in [-0.39, 0.29) is 18.1 Å². The van der Waals surface area contributed by atoms with E-state index in [9.17, 15) is 4.79 Å². The highest BCUT2D eigenvalue weighted by Gasteiger charge is 2.32. The van der Waals surface area contributed by atoms with Crippen LogP contribution in [0.5, 0.6) is 0 Å². The zero-order valence-electron chi connectivity index (χ0n) is 13.6. The lowest BCUT2D eigenvalue weighted by Gasteiger charge is -2.25. The second-order valence-electron chi connectivity index (χ2n) is 6.43. The summed E-state index contributed by atoms with van der Waals surface area (Å²) in [6.07, 6.45) is 6.54. The van der Waals surface area contributed by atoms with Crippen LogP contribution in [0.25, 0.3) is 0 Å². The molecule has 0 spiro atoms. The third-order valence-corrected chi connectivity index (χ3v) is 4.49. The number of nitrogens with zero attached hydrogens (tertiary/aromatic N) is 2. The predicted molar refractivity (Wildman–Crippen MR) is 84.4 cm³/mol. The van der Waals surface area contributed by atoms with Gasteiger partial charge in [-0.25, -0.2) is 0 Å². The van der Waals surface area contributed by atoms with E-state index in [4.69, 9.17) is 4.74 Å². The van der Waals surface area contributed by atoms with Crippen molar-refractivity contribution in [1.29, 1.82) is 0 Å². The number of carbonyl (C=O) groups excluding carboxylic acids is 1. The van der Waals surface area contributed by atoms with Gasteiger partial charge in [0.15, 0.2) is 0 Å². The van der Waals surface area contributed by atoms with Gasteiger partial charge in [-0.05, 0) is 39.9 Å². The van der Waals surface area contributed by atoms with Crippen LogP contribution in [0, 0.1) is 0 Å². The summed E-state index contributed by atoms with van der Waals surface area (Å²) in [6, 6.07) is 0.136. The number of amides is 1. The van der Waals surface area contributed by atoms with Crippen LogP contribution in [0.2, 0.25) is 0 Å². The Morgan fingerprint density at radius 3 is 2.48 bits per heavy atom. The van der Waals surface area contributed by atoms with E-state index in [0.29, 0.717) is 13.2 Å². The molecule has 0 aromatic heterocycles. The molecule has 2 atom stereocenters. The molecule has 0 unspecified atom stereocenters. The lowest BCUT2D eigenvalue weighted by molar-refractivity contribution is -0.123. The Balaban J connectivity index is 1.77. The number of rotatable bonds is 5.